The van der Waals surface area contributed by atoms with Crippen LogP contribution in [0.5, 0.6) is 0 Å². The molecule has 5 heteroatoms. The predicted molar refractivity (Wildman–Crippen MR) is 74.0 cm³/mol. The highest BCUT2D eigenvalue weighted by Gasteiger charge is 2.13. The van der Waals surface area contributed by atoms with Crippen LogP contribution in [0.4, 0.5) is 0 Å². The molecule has 0 bridgehead atoms. The molecule has 0 radical (unpaired) electrons. The van der Waals surface area contributed by atoms with Crippen molar-refractivity contribution in [2.45, 2.75) is 11.8 Å². The van der Waals surface area contributed by atoms with Crippen molar-refractivity contribution < 1.29 is 0 Å². The highest BCUT2D eigenvalue weighted by molar-refractivity contribution is 8.43. The summed E-state index contributed by atoms with van der Waals surface area (Å²) in [4.78, 5) is 1.11. The van der Waals surface area contributed by atoms with Crippen LogP contribution in [-0.2, 0) is 7.05 Å². The Bertz CT molecular complexity index is 525. The zero-order valence-electron chi connectivity index (χ0n) is 9.07. The molecule has 0 saturated carbocycles. The molecule has 0 spiro atoms. The number of rotatable bonds is 2. The van der Waals surface area contributed by atoms with Gasteiger partial charge in [-0.2, -0.15) is 5.10 Å². The minimum Gasteiger partial charge on any atom is -0.267 e. The second-order valence-electron chi connectivity index (χ2n) is 3.58. The van der Waals surface area contributed by atoms with Crippen LogP contribution in [0.1, 0.15) is 5.56 Å². The maximum Gasteiger partial charge on any atom is 0.0833 e. The molecule has 84 valence electrons. The van der Waals surface area contributed by atoms with Crippen molar-refractivity contribution in [3.8, 4) is 11.3 Å². The van der Waals surface area contributed by atoms with Gasteiger partial charge in [0, 0.05) is 12.6 Å². The lowest BCUT2D eigenvalue weighted by Crippen LogP contribution is -1.94. The van der Waals surface area contributed by atoms with E-state index in [2.05, 4.69) is 19.6 Å². The number of halogens is 1. The Kier molecular flexibility index (Phi) is 3.58. The van der Waals surface area contributed by atoms with Crippen LogP contribution >= 0.6 is 31.4 Å². The summed E-state index contributed by atoms with van der Waals surface area (Å²) >= 11 is 7.86. The molecule has 1 unspecified atom stereocenters. The van der Waals surface area contributed by atoms with E-state index in [1.165, 1.54) is 0 Å². The van der Waals surface area contributed by atoms with Crippen molar-refractivity contribution in [3.63, 3.8) is 0 Å². The molecule has 0 N–H and O–H groups in total. The van der Waals surface area contributed by atoms with Gasteiger partial charge in [-0.1, -0.05) is 32.2 Å². The molecule has 1 atom stereocenters. The van der Waals surface area contributed by atoms with Gasteiger partial charge in [-0.05, 0) is 18.6 Å². The van der Waals surface area contributed by atoms with Crippen LogP contribution in [0.3, 0.4) is 0 Å². The molecule has 2 aromatic rings. The topological polar surface area (TPSA) is 17.8 Å². The van der Waals surface area contributed by atoms with Crippen LogP contribution in [0.2, 0.25) is 5.02 Å². The molecule has 0 aliphatic heterocycles. The summed E-state index contributed by atoms with van der Waals surface area (Å²) < 4.78 is 1.85. The lowest BCUT2D eigenvalue weighted by atomic mass is 10.1. The van der Waals surface area contributed by atoms with Gasteiger partial charge in [0.05, 0.1) is 21.8 Å². The van der Waals surface area contributed by atoms with Crippen molar-refractivity contribution >= 4 is 31.4 Å². The first-order valence-corrected chi connectivity index (χ1v) is 7.46. The van der Waals surface area contributed by atoms with E-state index in [9.17, 15) is 0 Å². The summed E-state index contributed by atoms with van der Waals surface area (Å²) in [7, 11) is 4.56. The fourth-order valence-electron chi connectivity index (χ4n) is 1.62. The Morgan fingerprint density at radius 3 is 2.81 bits per heavy atom. The van der Waals surface area contributed by atoms with Gasteiger partial charge in [0.1, 0.15) is 0 Å². The third kappa shape index (κ3) is 2.13. The first kappa shape index (κ1) is 12.0. The molecule has 2 nitrogen and oxygen atoms in total. The summed E-state index contributed by atoms with van der Waals surface area (Å²) in [5, 5.41) is 5.02. The van der Waals surface area contributed by atoms with Crippen molar-refractivity contribution in [1.29, 1.82) is 0 Å². The van der Waals surface area contributed by atoms with E-state index < -0.39 is 0 Å². The quantitative estimate of drug-likeness (QED) is 0.770. The molecule has 1 aromatic carbocycles. The zero-order valence-corrected chi connectivity index (χ0v) is 11.8. The van der Waals surface area contributed by atoms with Gasteiger partial charge in [0.2, 0.25) is 0 Å². The highest BCUT2D eigenvalue weighted by Crippen LogP contribution is 2.37. The summed E-state index contributed by atoms with van der Waals surface area (Å²) in [5.74, 6) is 0. The van der Waals surface area contributed by atoms with Crippen LogP contribution in [-0.4, -0.2) is 9.78 Å². The Morgan fingerprint density at radius 1 is 1.44 bits per heavy atom. The molecule has 0 saturated heterocycles. The SMILES string of the molecule is Cc1ccc(-c2c(SP)cnn2C)c(Cl)c1. The molecule has 1 aromatic heterocycles. The minimum absolute atomic E-state index is 0.768. The minimum atomic E-state index is 0.768. The molecular weight excluding hydrogens is 259 g/mol. The number of aromatic nitrogens is 2. The number of hydrogen-bond acceptors (Lipinski definition) is 2. The summed E-state index contributed by atoms with van der Waals surface area (Å²) in [6, 6.07) is 6.08. The van der Waals surface area contributed by atoms with E-state index in [-0.39, 0.29) is 0 Å². The second kappa shape index (κ2) is 4.79. The van der Waals surface area contributed by atoms with Crippen molar-refractivity contribution in [3.05, 3.63) is 35.0 Å². The number of benzene rings is 1. The third-order valence-corrected chi connectivity index (χ3v) is 4.04. The first-order chi connectivity index (χ1) is 7.63. The summed E-state index contributed by atoms with van der Waals surface area (Å²) in [6.07, 6.45) is 1.85. The standard InChI is InChI=1S/C11H12ClN2PS/c1-7-3-4-8(9(12)5-7)11-10(16-15)6-13-14(11)2/h3-6H,15H2,1-2H3. The van der Waals surface area contributed by atoms with Crippen LogP contribution < -0.4 is 0 Å². The number of nitrogens with zero attached hydrogens (tertiary/aromatic N) is 2. The van der Waals surface area contributed by atoms with Crippen LogP contribution in [0.25, 0.3) is 11.3 Å². The molecule has 0 amide bonds. The first-order valence-electron chi connectivity index (χ1n) is 4.78. The van der Waals surface area contributed by atoms with Gasteiger partial charge in [-0.25, -0.2) is 0 Å². The molecule has 0 aliphatic rings. The average molecular weight is 271 g/mol. The Balaban J connectivity index is 2.62. The van der Waals surface area contributed by atoms with Crippen LogP contribution in [0.15, 0.2) is 29.3 Å². The average Bonchev–Trinajstić information content (AvgIpc) is 2.60. The van der Waals surface area contributed by atoms with Gasteiger partial charge in [-0.15, -0.1) is 11.4 Å². The molecular formula is C11H12ClN2PS. The van der Waals surface area contributed by atoms with E-state index in [0.717, 1.165) is 26.7 Å². The predicted octanol–water partition coefficient (Wildman–Crippen LogP) is 3.93. The van der Waals surface area contributed by atoms with Crippen molar-refractivity contribution in [2.24, 2.45) is 7.05 Å². The molecule has 1 heterocycles. The van der Waals surface area contributed by atoms with Gasteiger partial charge in [0.25, 0.3) is 0 Å². The highest BCUT2D eigenvalue weighted by atomic mass is 35.5. The lowest BCUT2D eigenvalue weighted by Gasteiger charge is -2.07. The van der Waals surface area contributed by atoms with Gasteiger partial charge < -0.3 is 0 Å². The Hall–Kier alpha value is -0.500. The fraction of sp³-hybridized carbons (Fsp3) is 0.182. The van der Waals surface area contributed by atoms with E-state index in [0.29, 0.717) is 0 Å². The lowest BCUT2D eigenvalue weighted by molar-refractivity contribution is 0.775. The molecule has 0 fully saturated rings. The Labute approximate surface area is 106 Å². The monoisotopic (exact) mass is 270 g/mol. The van der Waals surface area contributed by atoms with Gasteiger partial charge >= 0.3 is 0 Å². The smallest absolute Gasteiger partial charge is 0.0833 e. The maximum absolute atomic E-state index is 6.26. The Morgan fingerprint density at radius 2 is 2.19 bits per heavy atom. The van der Waals surface area contributed by atoms with Gasteiger partial charge in [0.15, 0.2) is 0 Å². The zero-order chi connectivity index (χ0) is 11.7. The van der Waals surface area contributed by atoms with Crippen LogP contribution in [0, 0.1) is 6.92 Å². The molecule has 0 aliphatic carbocycles. The largest absolute Gasteiger partial charge is 0.267 e. The fourth-order valence-corrected chi connectivity index (χ4v) is 2.93. The normalized spacial score (nSPS) is 10.8. The van der Waals surface area contributed by atoms with E-state index in [1.807, 2.05) is 37.0 Å². The molecule has 16 heavy (non-hydrogen) atoms. The summed E-state index contributed by atoms with van der Waals surface area (Å²) in [6.45, 7) is 2.03. The second-order valence-corrected chi connectivity index (χ2v) is 5.37. The number of aryl methyl sites for hydroxylation is 2. The third-order valence-electron chi connectivity index (χ3n) is 2.41. The molecule has 2 rings (SSSR count). The van der Waals surface area contributed by atoms with Gasteiger partial charge in [-0.3, -0.25) is 4.68 Å². The summed E-state index contributed by atoms with van der Waals surface area (Å²) in [5.41, 5.74) is 3.25. The van der Waals surface area contributed by atoms with Crippen molar-refractivity contribution in [1.82, 2.24) is 9.78 Å². The van der Waals surface area contributed by atoms with E-state index in [1.54, 1.807) is 11.4 Å². The van der Waals surface area contributed by atoms with E-state index in [4.69, 9.17) is 11.6 Å². The van der Waals surface area contributed by atoms with Crippen molar-refractivity contribution in [2.75, 3.05) is 0 Å². The number of hydrogen-bond donors (Lipinski definition) is 0. The maximum atomic E-state index is 6.26. The van der Waals surface area contributed by atoms with E-state index >= 15 is 0 Å².